The van der Waals surface area contributed by atoms with Crippen molar-refractivity contribution < 1.29 is 47.7 Å². The van der Waals surface area contributed by atoms with E-state index in [2.05, 4.69) is 0 Å². The van der Waals surface area contributed by atoms with E-state index in [1.54, 1.807) is 71.0 Å². The summed E-state index contributed by atoms with van der Waals surface area (Å²) in [5, 5.41) is 0. The first-order chi connectivity index (χ1) is 20.0. The Labute approximate surface area is 251 Å². The van der Waals surface area contributed by atoms with Gasteiger partial charge < -0.3 is 18.9 Å². The number of carbonyl (C=O) groups is 6. The predicted octanol–water partition coefficient (Wildman–Crippen LogP) is 4.35. The van der Waals surface area contributed by atoms with E-state index in [9.17, 15) is 28.8 Å². The highest BCUT2D eigenvalue weighted by atomic mass is 16.6. The lowest BCUT2D eigenvalue weighted by molar-refractivity contribution is -0.171. The highest BCUT2D eigenvalue weighted by Gasteiger charge is 2.61. The van der Waals surface area contributed by atoms with Gasteiger partial charge in [0.25, 0.3) is 0 Å². The molecule has 232 valence electrons. The van der Waals surface area contributed by atoms with Crippen LogP contribution in [0.25, 0.3) is 0 Å². The molecule has 1 fully saturated rings. The summed E-state index contributed by atoms with van der Waals surface area (Å²) in [7, 11) is 0. The Kier molecular flexibility index (Phi) is 10.1. The summed E-state index contributed by atoms with van der Waals surface area (Å²) in [5.41, 5.74) is -2.48. The Bertz CT molecular complexity index is 1340. The van der Waals surface area contributed by atoms with Gasteiger partial charge in [-0.1, -0.05) is 50.3 Å². The van der Waals surface area contributed by atoms with Crippen molar-refractivity contribution in [1.29, 1.82) is 0 Å². The molecular weight excluding hydrogens is 556 g/mol. The van der Waals surface area contributed by atoms with Crippen molar-refractivity contribution in [2.75, 3.05) is 0 Å². The minimum Gasteiger partial charge on any atom is -0.458 e. The maximum Gasteiger partial charge on any atom is 0.338 e. The Balaban J connectivity index is 2.31. The molecule has 0 aromatic heterocycles. The van der Waals surface area contributed by atoms with Gasteiger partial charge >= 0.3 is 23.9 Å². The number of ketones is 2. The normalized spacial score (nSPS) is 32.5. The average molecular weight is 597 g/mol. The van der Waals surface area contributed by atoms with E-state index in [-0.39, 0.29) is 17.6 Å². The SMILES string of the molecule is CC(=O)O[C@@H]1C(=O)C(C)(C)/C=C/[C@@H](C)C(=O)[C@@]2(OC(C)=O)C[C@@H](C)[C@H](OC(=O)c3ccccc3)[C@@H]2/C=C(/C)[C@@H]1OC(C)=O. The minimum absolute atomic E-state index is 0.0404. The molecule has 2 aliphatic carbocycles. The largest absolute Gasteiger partial charge is 0.458 e. The average Bonchev–Trinajstić information content (AvgIpc) is 3.17. The molecule has 0 bridgehead atoms. The number of carbonyl (C=O) groups excluding carboxylic acids is 6. The number of hydrogen-bond donors (Lipinski definition) is 0. The molecule has 0 saturated heterocycles. The van der Waals surface area contributed by atoms with Crippen LogP contribution < -0.4 is 0 Å². The maximum absolute atomic E-state index is 14.3. The van der Waals surface area contributed by atoms with E-state index in [0.717, 1.165) is 13.8 Å². The molecule has 0 radical (unpaired) electrons. The topological polar surface area (TPSA) is 139 Å². The van der Waals surface area contributed by atoms with Gasteiger partial charge in [-0.25, -0.2) is 4.79 Å². The third kappa shape index (κ3) is 7.29. The summed E-state index contributed by atoms with van der Waals surface area (Å²) in [6.45, 7) is 11.6. The van der Waals surface area contributed by atoms with Crippen LogP contribution in [-0.2, 0) is 42.9 Å². The number of Topliss-reactive ketones (excluding diaryl/α,β-unsaturated/α-hetero) is 2. The van der Waals surface area contributed by atoms with E-state index in [1.807, 2.05) is 0 Å². The third-order valence-corrected chi connectivity index (χ3v) is 7.93. The Morgan fingerprint density at radius 2 is 1.40 bits per heavy atom. The second-order valence-electron chi connectivity index (χ2n) is 12.0. The van der Waals surface area contributed by atoms with Crippen molar-refractivity contribution in [3.63, 3.8) is 0 Å². The molecule has 3 rings (SSSR count). The highest BCUT2D eigenvalue weighted by Crippen LogP contribution is 2.48. The minimum atomic E-state index is -1.76. The maximum atomic E-state index is 14.3. The van der Waals surface area contributed by atoms with Crippen LogP contribution in [0.5, 0.6) is 0 Å². The summed E-state index contributed by atoms with van der Waals surface area (Å²) in [6, 6.07) is 8.31. The van der Waals surface area contributed by atoms with Gasteiger partial charge in [0.05, 0.1) is 11.5 Å². The van der Waals surface area contributed by atoms with Crippen LogP contribution in [-0.4, -0.2) is 59.4 Å². The van der Waals surface area contributed by atoms with Gasteiger partial charge in [-0.15, -0.1) is 0 Å². The first-order valence-corrected chi connectivity index (χ1v) is 14.3. The van der Waals surface area contributed by atoms with Gasteiger partial charge in [0.2, 0.25) is 6.10 Å². The van der Waals surface area contributed by atoms with E-state index in [0.29, 0.717) is 0 Å². The molecule has 0 unspecified atom stereocenters. The Morgan fingerprint density at radius 1 is 0.814 bits per heavy atom. The molecule has 0 spiro atoms. The highest BCUT2D eigenvalue weighted by molar-refractivity contribution is 5.95. The summed E-state index contributed by atoms with van der Waals surface area (Å²) >= 11 is 0. The molecule has 1 aromatic carbocycles. The lowest BCUT2D eigenvalue weighted by atomic mass is 9.76. The number of ether oxygens (including phenoxy) is 4. The number of benzene rings is 1. The number of fused-ring (bicyclic) bond motifs is 1. The molecule has 0 amide bonds. The fraction of sp³-hybridized carbons (Fsp3) is 0.515. The van der Waals surface area contributed by atoms with Gasteiger partial charge in [-0.2, -0.15) is 0 Å². The standard InChI is InChI=1S/C33H40O10/c1-18-14-15-32(7,8)30(38)28(41-22(5)35)27(40-21(4)34)19(2)16-25-26(42-31(39)24-12-10-9-11-13-24)20(3)17-33(25,29(18)37)43-23(6)36/h9-16,18,20,25-28H,17H2,1-8H3/b15-14+,19-16-/t18-,20-,25+,26+,27+,28+,33-/m1/s1. The van der Waals surface area contributed by atoms with Crippen LogP contribution >= 0.6 is 0 Å². The first kappa shape index (κ1) is 33.4. The predicted molar refractivity (Wildman–Crippen MR) is 154 cm³/mol. The quantitative estimate of drug-likeness (QED) is 0.274. The first-order valence-electron chi connectivity index (χ1n) is 14.3. The third-order valence-electron chi connectivity index (χ3n) is 7.93. The Morgan fingerprint density at radius 3 is 1.95 bits per heavy atom. The van der Waals surface area contributed by atoms with E-state index >= 15 is 0 Å². The molecule has 1 aromatic rings. The van der Waals surface area contributed by atoms with Crippen molar-refractivity contribution in [2.24, 2.45) is 23.2 Å². The van der Waals surface area contributed by atoms with Gasteiger partial charge in [0.1, 0.15) is 6.10 Å². The van der Waals surface area contributed by atoms with Crippen LogP contribution in [0.4, 0.5) is 0 Å². The van der Waals surface area contributed by atoms with Gasteiger partial charge in [-0.3, -0.25) is 24.0 Å². The number of rotatable bonds is 5. The zero-order chi connectivity index (χ0) is 32.3. The molecule has 0 N–H and O–H groups in total. The van der Waals surface area contributed by atoms with E-state index in [4.69, 9.17) is 18.9 Å². The fourth-order valence-electron chi connectivity index (χ4n) is 5.90. The summed E-state index contributed by atoms with van der Waals surface area (Å²) in [6.07, 6.45) is 0.776. The molecular formula is C33H40O10. The van der Waals surface area contributed by atoms with Gasteiger partial charge in [-0.05, 0) is 44.4 Å². The molecule has 43 heavy (non-hydrogen) atoms. The zero-order valence-corrected chi connectivity index (χ0v) is 25.9. The van der Waals surface area contributed by atoms with Crippen molar-refractivity contribution in [1.82, 2.24) is 0 Å². The van der Waals surface area contributed by atoms with Crippen LogP contribution in [0.15, 0.2) is 54.1 Å². The molecule has 0 heterocycles. The van der Waals surface area contributed by atoms with Gasteiger partial charge in [0, 0.05) is 38.5 Å². The van der Waals surface area contributed by atoms with E-state index in [1.165, 1.54) is 19.1 Å². The van der Waals surface area contributed by atoms with Crippen molar-refractivity contribution in [3.05, 3.63) is 59.7 Å². The zero-order valence-electron chi connectivity index (χ0n) is 25.9. The lowest BCUT2D eigenvalue weighted by Crippen LogP contribution is -2.51. The molecule has 10 heteroatoms. The molecule has 7 atom stereocenters. The summed E-state index contributed by atoms with van der Waals surface area (Å²) in [4.78, 5) is 78.3. The molecule has 0 aliphatic heterocycles. The number of hydrogen-bond acceptors (Lipinski definition) is 10. The van der Waals surface area contributed by atoms with Crippen molar-refractivity contribution in [2.45, 2.75) is 85.7 Å². The van der Waals surface area contributed by atoms with Crippen LogP contribution in [0.1, 0.15) is 72.2 Å². The summed E-state index contributed by atoms with van der Waals surface area (Å²) in [5.74, 6) is -6.18. The Hall–Kier alpha value is -4.08. The van der Waals surface area contributed by atoms with Gasteiger partial charge in [0.15, 0.2) is 23.3 Å². The number of allylic oxidation sites excluding steroid dienone is 2. The van der Waals surface area contributed by atoms with Crippen LogP contribution in [0.3, 0.4) is 0 Å². The second kappa shape index (κ2) is 13.1. The monoisotopic (exact) mass is 596 g/mol. The summed E-state index contributed by atoms with van der Waals surface area (Å²) < 4.78 is 22.9. The smallest absolute Gasteiger partial charge is 0.338 e. The van der Waals surface area contributed by atoms with Crippen LogP contribution in [0, 0.1) is 23.2 Å². The van der Waals surface area contributed by atoms with Crippen LogP contribution in [0.2, 0.25) is 0 Å². The second-order valence-corrected chi connectivity index (χ2v) is 12.0. The van der Waals surface area contributed by atoms with Crippen molar-refractivity contribution in [3.8, 4) is 0 Å². The van der Waals surface area contributed by atoms with E-state index < -0.39 is 82.5 Å². The van der Waals surface area contributed by atoms with Crippen molar-refractivity contribution >= 4 is 35.4 Å². The molecule has 1 saturated carbocycles. The lowest BCUT2D eigenvalue weighted by Gasteiger charge is -2.37. The molecule has 2 aliphatic rings. The molecule has 10 nitrogen and oxygen atoms in total. The fourth-order valence-corrected chi connectivity index (χ4v) is 5.90. The number of esters is 4.